The highest BCUT2D eigenvalue weighted by Gasteiger charge is 2.17. The van der Waals surface area contributed by atoms with Gasteiger partial charge in [0.05, 0.1) is 18.3 Å². The van der Waals surface area contributed by atoms with Crippen LogP contribution in [0.25, 0.3) is 0 Å². The molecule has 0 radical (unpaired) electrons. The van der Waals surface area contributed by atoms with E-state index >= 15 is 0 Å². The van der Waals surface area contributed by atoms with Crippen molar-refractivity contribution >= 4 is 0 Å². The smallest absolute Gasteiger partial charge is 0.285 e. The normalized spacial score (nSPS) is 12.0. The van der Waals surface area contributed by atoms with Gasteiger partial charge in [0.1, 0.15) is 17.4 Å². The Morgan fingerprint density at radius 2 is 1.96 bits per heavy atom. The van der Waals surface area contributed by atoms with Gasteiger partial charge < -0.3 is 5.11 Å². The van der Waals surface area contributed by atoms with E-state index in [1.54, 1.807) is 0 Å². The lowest BCUT2D eigenvalue weighted by Crippen LogP contribution is -2.30. The minimum atomic E-state index is -1.01. The zero-order valence-electron chi connectivity index (χ0n) is 13.1. The number of rotatable bonds is 5. The van der Waals surface area contributed by atoms with Crippen molar-refractivity contribution in [1.29, 1.82) is 5.26 Å². The number of benzene rings is 1. The van der Waals surface area contributed by atoms with Crippen LogP contribution in [-0.2, 0) is 19.4 Å². The maximum Gasteiger partial charge on any atom is 0.285 e. The lowest BCUT2D eigenvalue weighted by Gasteiger charge is -2.15. The van der Waals surface area contributed by atoms with Gasteiger partial charge in [0.25, 0.3) is 5.56 Å². The fourth-order valence-corrected chi connectivity index (χ4v) is 2.51. The van der Waals surface area contributed by atoms with Gasteiger partial charge >= 0.3 is 0 Å². The summed E-state index contributed by atoms with van der Waals surface area (Å²) in [7, 11) is 0. The number of aliphatic hydroxyl groups is 1. The first-order chi connectivity index (χ1) is 11.0. The molecule has 0 spiro atoms. The molecule has 23 heavy (non-hydrogen) atoms. The maximum atomic E-state index is 12.9. The van der Waals surface area contributed by atoms with Crippen molar-refractivity contribution in [2.45, 2.75) is 39.3 Å². The molecule has 120 valence electrons. The minimum absolute atomic E-state index is 0.0747. The van der Waals surface area contributed by atoms with E-state index in [0.717, 1.165) is 4.68 Å². The lowest BCUT2D eigenvalue weighted by atomic mass is 10.0. The Morgan fingerprint density at radius 3 is 2.48 bits per heavy atom. The molecule has 0 aliphatic carbocycles. The van der Waals surface area contributed by atoms with Crippen LogP contribution >= 0.6 is 0 Å². The maximum absolute atomic E-state index is 12.9. The number of hydrogen-bond donors (Lipinski definition) is 1. The van der Waals surface area contributed by atoms with Gasteiger partial charge in [-0.05, 0) is 36.1 Å². The van der Waals surface area contributed by atoms with E-state index in [4.69, 9.17) is 0 Å². The van der Waals surface area contributed by atoms with Crippen LogP contribution in [0.2, 0.25) is 0 Å². The van der Waals surface area contributed by atoms with Crippen LogP contribution in [0.5, 0.6) is 0 Å². The number of nitriles is 1. The highest BCUT2D eigenvalue weighted by atomic mass is 19.1. The Balaban J connectivity index is 2.42. The molecule has 0 aliphatic heterocycles. The molecule has 0 aliphatic rings. The molecular formula is C17H18FN3O2. The number of nitrogens with zero attached hydrogens (tertiary/aromatic N) is 3. The minimum Gasteiger partial charge on any atom is -0.386 e. The first-order valence-corrected chi connectivity index (χ1v) is 7.48. The molecule has 0 amide bonds. The zero-order chi connectivity index (χ0) is 17.0. The third kappa shape index (κ3) is 3.46. The molecule has 1 atom stereocenters. The average Bonchev–Trinajstić information content (AvgIpc) is 2.56. The van der Waals surface area contributed by atoms with Crippen LogP contribution in [0.4, 0.5) is 4.39 Å². The Kier molecular flexibility index (Phi) is 5.24. The molecule has 1 aromatic carbocycles. The van der Waals surface area contributed by atoms with Gasteiger partial charge in [-0.15, -0.1) is 0 Å². The number of aryl methyl sites for hydroxylation is 1. The standard InChI is InChI=1S/C17H18FN3O2/c1-3-13-14(9-19)17(23)21(20-15(13)4-2)10-16(22)11-5-7-12(18)8-6-11/h5-8,16,22H,3-4,10H2,1-2H3. The van der Waals surface area contributed by atoms with Crippen LogP contribution < -0.4 is 5.56 Å². The molecular weight excluding hydrogens is 297 g/mol. The fraction of sp³-hybridized carbons (Fsp3) is 0.353. The Morgan fingerprint density at radius 1 is 1.30 bits per heavy atom. The first-order valence-electron chi connectivity index (χ1n) is 7.48. The second kappa shape index (κ2) is 7.16. The van der Waals surface area contributed by atoms with Gasteiger partial charge in [-0.1, -0.05) is 26.0 Å². The van der Waals surface area contributed by atoms with E-state index < -0.39 is 17.5 Å². The molecule has 6 heteroatoms. The molecule has 1 unspecified atom stereocenters. The first kappa shape index (κ1) is 16.8. The van der Waals surface area contributed by atoms with Crippen LogP contribution in [0.3, 0.4) is 0 Å². The van der Waals surface area contributed by atoms with Gasteiger partial charge in [0.15, 0.2) is 0 Å². The molecule has 0 fully saturated rings. The van der Waals surface area contributed by atoms with Crippen molar-refractivity contribution in [2.75, 3.05) is 0 Å². The third-order valence-corrected chi connectivity index (χ3v) is 3.74. The second-order valence-corrected chi connectivity index (χ2v) is 5.17. The monoisotopic (exact) mass is 315 g/mol. The third-order valence-electron chi connectivity index (χ3n) is 3.74. The van der Waals surface area contributed by atoms with Gasteiger partial charge in [0, 0.05) is 0 Å². The van der Waals surface area contributed by atoms with Crippen molar-refractivity contribution in [3.63, 3.8) is 0 Å². The molecule has 0 saturated carbocycles. The Bertz CT molecular complexity index is 791. The fourth-order valence-electron chi connectivity index (χ4n) is 2.51. The number of aliphatic hydroxyl groups excluding tert-OH is 1. The number of halogens is 1. The van der Waals surface area contributed by atoms with Crippen LogP contribution in [0, 0.1) is 17.1 Å². The molecule has 1 aromatic heterocycles. The van der Waals surface area contributed by atoms with E-state index in [0.29, 0.717) is 29.7 Å². The highest BCUT2D eigenvalue weighted by molar-refractivity contribution is 5.38. The van der Waals surface area contributed by atoms with Gasteiger partial charge in [-0.2, -0.15) is 10.4 Å². The molecule has 1 heterocycles. The average molecular weight is 315 g/mol. The Labute approximate surface area is 133 Å². The van der Waals surface area contributed by atoms with Crippen molar-refractivity contribution in [2.24, 2.45) is 0 Å². The second-order valence-electron chi connectivity index (χ2n) is 5.17. The molecule has 2 rings (SSSR count). The topological polar surface area (TPSA) is 78.9 Å². The number of hydrogen-bond acceptors (Lipinski definition) is 4. The van der Waals surface area contributed by atoms with Crippen LogP contribution in [-0.4, -0.2) is 14.9 Å². The van der Waals surface area contributed by atoms with E-state index in [-0.39, 0.29) is 12.1 Å². The van der Waals surface area contributed by atoms with E-state index in [2.05, 4.69) is 5.10 Å². The van der Waals surface area contributed by atoms with E-state index in [9.17, 15) is 19.6 Å². The highest BCUT2D eigenvalue weighted by Crippen LogP contribution is 2.16. The van der Waals surface area contributed by atoms with Crippen molar-refractivity contribution < 1.29 is 9.50 Å². The lowest BCUT2D eigenvalue weighted by molar-refractivity contribution is 0.148. The van der Waals surface area contributed by atoms with Crippen LogP contribution in [0.15, 0.2) is 29.1 Å². The van der Waals surface area contributed by atoms with E-state index in [1.807, 2.05) is 19.9 Å². The zero-order valence-corrected chi connectivity index (χ0v) is 13.1. The largest absolute Gasteiger partial charge is 0.386 e. The van der Waals surface area contributed by atoms with Gasteiger partial charge in [-0.25, -0.2) is 9.07 Å². The summed E-state index contributed by atoms with van der Waals surface area (Å²) in [5.74, 6) is -0.399. The predicted molar refractivity (Wildman–Crippen MR) is 83.3 cm³/mol. The summed E-state index contributed by atoms with van der Waals surface area (Å²) in [4.78, 5) is 12.4. The van der Waals surface area contributed by atoms with Crippen molar-refractivity contribution in [1.82, 2.24) is 9.78 Å². The van der Waals surface area contributed by atoms with E-state index in [1.165, 1.54) is 24.3 Å². The Hall–Kier alpha value is -2.52. The summed E-state index contributed by atoms with van der Waals surface area (Å²) in [5, 5.41) is 23.8. The summed E-state index contributed by atoms with van der Waals surface area (Å²) in [6.45, 7) is 3.68. The summed E-state index contributed by atoms with van der Waals surface area (Å²) in [5.41, 5.74) is 1.38. The SMILES string of the molecule is CCc1nn(CC(O)c2ccc(F)cc2)c(=O)c(C#N)c1CC. The quantitative estimate of drug-likeness (QED) is 0.916. The van der Waals surface area contributed by atoms with Crippen molar-refractivity contribution in [3.05, 3.63) is 62.8 Å². The van der Waals surface area contributed by atoms with Gasteiger partial charge in [0.2, 0.25) is 0 Å². The molecule has 1 N–H and O–H groups in total. The van der Waals surface area contributed by atoms with Crippen molar-refractivity contribution in [3.8, 4) is 6.07 Å². The summed E-state index contributed by atoms with van der Waals surface area (Å²) in [6.07, 6.45) is 0.130. The summed E-state index contributed by atoms with van der Waals surface area (Å²) >= 11 is 0. The molecule has 2 aromatic rings. The molecule has 0 saturated heterocycles. The summed E-state index contributed by atoms with van der Waals surface area (Å²) in [6, 6.07) is 7.34. The molecule has 0 bridgehead atoms. The number of aromatic nitrogens is 2. The summed E-state index contributed by atoms with van der Waals surface area (Å²) < 4.78 is 14.1. The van der Waals surface area contributed by atoms with Gasteiger partial charge in [-0.3, -0.25) is 4.79 Å². The molecule has 5 nitrogen and oxygen atoms in total. The predicted octanol–water partition coefficient (Wildman–Crippen LogP) is 2.11. The van der Waals surface area contributed by atoms with Crippen LogP contribution in [0.1, 0.15) is 42.3 Å².